The zero-order valence-corrected chi connectivity index (χ0v) is 19.3. The third-order valence-electron chi connectivity index (χ3n) is 4.96. The molecule has 2 heterocycles. The first-order valence-electron chi connectivity index (χ1n) is 10.3. The first-order valence-corrected chi connectivity index (χ1v) is 11.2. The summed E-state index contributed by atoms with van der Waals surface area (Å²) < 4.78 is 43.8. The Bertz CT molecular complexity index is 995. The summed E-state index contributed by atoms with van der Waals surface area (Å²) in [5, 5.41) is 7.89. The lowest BCUT2D eigenvalue weighted by atomic mass is 10.0. The van der Waals surface area contributed by atoms with Crippen molar-refractivity contribution in [2.24, 2.45) is 5.92 Å². The van der Waals surface area contributed by atoms with Crippen LogP contribution in [-0.2, 0) is 11.3 Å². The number of thioether (sulfide) groups is 1. The molecule has 7 nitrogen and oxygen atoms in total. The van der Waals surface area contributed by atoms with Crippen LogP contribution in [0.4, 0.5) is 18.0 Å². The number of aromatic nitrogens is 2. The van der Waals surface area contributed by atoms with Crippen molar-refractivity contribution >= 4 is 34.7 Å². The molecule has 0 radical (unpaired) electrons. The van der Waals surface area contributed by atoms with Crippen LogP contribution in [0, 0.1) is 12.8 Å². The number of nitrogens with one attached hydrogen (secondary N) is 1. The minimum Gasteiger partial charge on any atom is -0.444 e. The number of nitrogens with zero attached hydrogens (tertiary/aromatic N) is 3. The number of carbonyl (C=O) groups is 2. The second-order valence-electron chi connectivity index (χ2n) is 8.82. The van der Waals surface area contributed by atoms with Gasteiger partial charge in [-0.1, -0.05) is 0 Å². The molecule has 1 aliphatic heterocycles. The molecule has 3 rings (SSSR count). The molecule has 176 valence electrons. The maximum absolute atomic E-state index is 12.4. The van der Waals surface area contributed by atoms with Gasteiger partial charge in [-0.2, -0.15) is 18.3 Å². The van der Waals surface area contributed by atoms with E-state index in [1.54, 1.807) is 28.6 Å². The van der Waals surface area contributed by atoms with Crippen LogP contribution in [0.5, 0.6) is 0 Å². The summed E-state index contributed by atoms with van der Waals surface area (Å²) in [7, 11) is 0. The molecule has 0 spiro atoms. The van der Waals surface area contributed by atoms with E-state index in [9.17, 15) is 22.8 Å². The Labute approximate surface area is 188 Å². The lowest BCUT2D eigenvalue weighted by Gasteiger charge is -2.39. The van der Waals surface area contributed by atoms with Crippen LogP contribution in [0.15, 0.2) is 18.3 Å². The van der Waals surface area contributed by atoms with Crippen LogP contribution in [0.1, 0.15) is 36.7 Å². The molecular formula is C21H27F3N4O3S. The van der Waals surface area contributed by atoms with Gasteiger partial charge in [0.2, 0.25) is 0 Å². The average molecular weight is 473 g/mol. The van der Waals surface area contributed by atoms with Crippen molar-refractivity contribution in [3.8, 4) is 0 Å². The van der Waals surface area contributed by atoms with Gasteiger partial charge in [0.25, 0.3) is 5.91 Å². The highest BCUT2D eigenvalue weighted by Gasteiger charge is 2.34. The highest BCUT2D eigenvalue weighted by atomic mass is 32.2. The number of benzene rings is 1. The van der Waals surface area contributed by atoms with Gasteiger partial charge in [-0.15, -0.1) is 0 Å². The molecule has 1 N–H and O–H groups in total. The normalized spacial score (nSPS) is 15.0. The lowest BCUT2D eigenvalue weighted by molar-refractivity contribution is -0.0328. The Kier molecular flexibility index (Phi) is 6.97. The van der Waals surface area contributed by atoms with Crippen molar-refractivity contribution < 1.29 is 27.5 Å². The summed E-state index contributed by atoms with van der Waals surface area (Å²) in [5.41, 5.74) is -2.97. The second-order valence-corrected chi connectivity index (χ2v) is 9.98. The van der Waals surface area contributed by atoms with E-state index in [1.807, 2.05) is 27.0 Å². The zero-order chi connectivity index (χ0) is 23.7. The van der Waals surface area contributed by atoms with Crippen LogP contribution >= 0.6 is 11.8 Å². The third kappa shape index (κ3) is 6.30. The van der Waals surface area contributed by atoms with E-state index in [0.29, 0.717) is 25.2 Å². The Morgan fingerprint density at radius 3 is 2.56 bits per heavy atom. The fraction of sp³-hybridized carbons (Fsp3) is 0.571. The first kappa shape index (κ1) is 24.2. The number of rotatable bonds is 6. The van der Waals surface area contributed by atoms with Crippen molar-refractivity contribution in [2.75, 3.05) is 25.4 Å². The van der Waals surface area contributed by atoms with Gasteiger partial charge >= 0.3 is 11.6 Å². The first-order chi connectivity index (χ1) is 14.8. The molecule has 0 aliphatic carbocycles. The molecule has 1 fully saturated rings. The zero-order valence-electron chi connectivity index (χ0n) is 18.5. The summed E-state index contributed by atoms with van der Waals surface area (Å²) in [4.78, 5) is 26.1. The standard InChI is InChI=1S/C21H27F3N4O3S/c1-13-15(18(29)25-7-8-32-21(22,23)24)5-6-17-16(13)12-28(26-17)11-14-9-27(10-14)19(30)31-20(2,3)4/h5-6,12,14H,7-11H2,1-4H3,(H,25,29). The van der Waals surface area contributed by atoms with Gasteiger partial charge < -0.3 is 15.0 Å². The molecule has 1 saturated heterocycles. The van der Waals surface area contributed by atoms with E-state index in [4.69, 9.17) is 4.74 Å². The monoisotopic (exact) mass is 472 g/mol. The Morgan fingerprint density at radius 1 is 1.25 bits per heavy atom. The van der Waals surface area contributed by atoms with Crippen molar-refractivity contribution in [1.82, 2.24) is 20.0 Å². The van der Waals surface area contributed by atoms with E-state index >= 15 is 0 Å². The van der Waals surface area contributed by atoms with Gasteiger partial charge in [0.1, 0.15) is 5.60 Å². The van der Waals surface area contributed by atoms with E-state index in [1.165, 1.54) is 0 Å². The Balaban J connectivity index is 1.57. The quantitative estimate of drug-likeness (QED) is 0.638. The van der Waals surface area contributed by atoms with Gasteiger partial charge in [0.05, 0.1) is 5.52 Å². The number of hydrogen-bond acceptors (Lipinski definition) is 5. The molecule has 1 aromatic heterocycles. The second kappa shape index (κ2) is 9.21. The number of likely N-dealkylation sites (tertiary alicyclic amines) is 1. The number of fused-ring (bicyclic) bond motifs is 1. The van der Waals surface area contributed by atoms with Crippen LogP contribution in [0.2, 0.25) is 0 Å². The Morgan fingerprint density at radius 2 is 1.94 bits per heavy atom. The molecule has 32 heavy (non-hydrogen) atoms. The number of amides is 2. The van der Waals surface area contributed by atoms with Crippen LogP contribution in [0.25, 0.3) is 10.9 Å². The molecular weight excluding hydrogens is 445 g/mol. The smallest absolute Gasteiger partial charge is 0.441 e. The average Bonchev–Trinajstić information content (AvgIpc) is 3.03. The van der Waals surface area contributed by atoms with Gasteiger partial charge in [-0.05, 0) is 57.2 Å². The van der Waals surface area contributed by atoms with Crippen molar-refractivity contribution in [3.05, 3.63) is 29.5 Å². The van der Waals surface area contributed by atoms with Crippen LogP contribution < -0.4 is 5.32 Å². The topological polar surface area (TPSA) is 76.5 Å². The maximum atomic E-state index is 12.4. The fourth-order valence-electron chi connectivity index (χ4n) is 3.47. The number of ether oxygens (including phenoxy) is 1. The highest BCUT2D eigenvalue weighted by Crippen LogP contribution is 2.29. The van der Waals surface area contributed by atoms with Crippen LogP contribution in [0.3, 0.4) is 0 Å². The van der Waals surface area contributed by atoms with Gasteiger partial charge in [-0.25, -0.2) is 4.79 Å². The summed E-state index contributed by atoms with van der Waals surface area (Å²) in [6.07, 6.45) is 1.54. The molecule has 1 aromatic carbocycles. The Hall–Kier alpha value is -2.43. The molecule has 0 atom stereocenters. The van der Waals surface area contributed by atoms with Gasteiger partial charge in [0, 0.05) is 55.0 Å². The van der Waals surface area contributed by atoms with E-state index in [0.717, 1.165) is 16.5 Å². The summed E-state index contributed by atoms with van der Waals surface area (Å²) in [5.74, 6) is -0.395. The minimum atomic E-state index is -4.31. The third-order valence-corrected chi connectivity index (χ3v) is 5.69. The summed E-state index contributed by atoms with van der Waals surface area (Å²) in [6.45, 7) is 9.02. The molecule has 0 bridgehead atoms. The maximum Gasteiger partial charge on any atom is 0.441 e. The molecule has 1 aliphatic rings. The van der Waals surface area contributed by atoms with Crippen LogP contribution in [-0.4, -0.2) is 63.2 Å². The molecule has 0 saturated carbocycles. The summed E-state index contributed by atoms with van der Waals surface area (Å²) >= 11 is -0.162. The van der Waals surface area contributed by atoms with Gasteiger partial charge in [0.15, 0.2) is 0 Å². The van der Waals surface area contributed by atoms with Crippen molar-refractivity contribution in [1.29, 1.82) is 0 Å². The predicted octanol–water partition coefficient (Wildman–Crippen LogP) is 4.19. The van der Waals surface area contributed by atoms with Gasteiger partial charge in [-0.3, -0.25) is 9.48 Å². The number of halogens is 3. The number of alkyl halides is 3. The van der Waals surface area contributed by atoms with E-state index in [-0.39, 0.29) is 36.1 Å². The number of hydrogen-bond donors (Lipinski definition) is 1. The van der Waals surface area contributed by atoms with Crippen molar-refractivity contribution in [3.63, 3.8) is 0 Å². The predicted molar refractivity (Wildman–Crippen MR) is 117 cm³/mol. The fourth-order valence-corrected chi connectivity index (χ4v) is 3.91. The molecule has 2 aromatic rings. The van der Waals surface area contributed by atoms with Crippen molar-refractivity contribution in [2.45, 2.75) is 45.3 Å². The number of carbonyl (C=O) groups excluding carboxylic acids is 2. The van der Waals surface area contributed by atoms with E-state index in [2.05, 4.69) is 10.4 Å². The molecule has 2 amide bonds. The SMILES string of the molecule is Cc1c(C(=O)NCCSC(F)(F)F)ccc2nn(CC3CN(C(=O)OC(C)(C)C)C3)cc12. The molecule has 0 unspecified atom stereocenters. The minimum absolute atomic E-state index is 0.0738. The number of aryl methyl sites for hydroxylation is 1. The largest absolute Gasteiger partial charge is 0.444 e. The highest BCUT2D eigenvalue weighted by molar-refractivity contribution is 8.00. The lowest BCUT2D eigenvalue weighted by Crippen LogP contribution is -2.52. The summed E-state index contributed by atoms with van der Waals surface area (Å²) in [6, 6.07) is 3.36. The van der Waals surface area contributed by atoms with E-state index < -0.39 is 17.0 Å². The molecule has 11 heteroatoms.